The van der Waals surface area contributed by atoms with Crippen molar-refractivity contribution in [3.05, 3.63) is 0 Å². The van der Waals surface area contributed by atoms with Gasteiger partial charge < -0.3 is 4.79 Å². The van der Waals surface area contributed by atoms with Gasteiger partial charge in [0.15, 0.2) is 0 Å². The van der Waals surface area contributed by atoms with Gasteiger partial charge >= 0.3 is 19.5 Å². The molecule has 0 amide bonds. The maximum Gasteiger partial charge on any atom is 2.00 e. The molecule has 3 heteroatoms. The summed E-state index contributed by atoms with van der Waals surface area (Å²) < 4.78 is 0. The van der Waals surface area contributed by atoms with Gasteiger partial charge in [0.25, 0.3) is 0 Å². The number of hydrogen-bond acceptors (Lipinski definition) is 1. The molecule has 0 aromatic rings. The van der Waals surface area contributed by atoms with Crippen molar-refractivity contribution in [2.75, 3.05) is 0 Å². The van der Waals surface area contributed by atoms with Crippen molar-refractivity contribution in [2.45, 2.75) is 6.92 Å². The molecule has 1 nitrogen and oxygen atoms in total. The van der Waals surface area contributed by atoms with Crippen molar-refractivity contribution in [2.24, 2.45) is 0 Å². The maximum atomic E-state index is 8.68. The third-order valence-corrected chi connectivity index (χ3v) is 0. The minimum atomic E-state index is 0. The number of carbonyl (C=O) groups excluding carboxylic acids is 1. The zero-order valence-corrected chi connectivity index (χ0v) is 5.58. The quantitative estimate of drug-likeness (QED) is 0.288. The van der Waals surface area contributed by atoms with E-state index in [1.54, 1.807) is 0 Å². The van der Waals surface area contributed by atoms with E-state index in [2.05, 4.69) is 0 Å². The van der Waals surface area contributed by atoms with Crippen LogP contribution in [0.25, 0.3) is 0 Å². The first-order valence-electron chi connectivity index (χ1n) is 0.704. The van der Waals surface area contributed by atoms with E-state index in [0.717, 1.165) is 0 Å². The van der Waals surface area contributed by atoms with Crippen molar-refractivity contribution in [1.82, 2.24) is 0 Å². The molecule has 0 fully saturated rings. The fourth-order valence-corrected chi connectivity index (χ4v) is 0. The monoisotopic (exact) mass is 122 g/mol. The van der Waals surface area contributed by atoms with Crippen molar-refractivity contribution in [3.8, 4) is 0 Å². The van der Waals surface area contributed by atoms with Crippen LogP contribution in [0.1, 0.15) is 6.92 Å². The first-order chi connectivity index (χ1) is 1.41. The number of hydrogen-bond donors (Lipinski definition) is 0. The van der Waals surface area contributed by atoms with Crippen LogP contribution in [0.3, 0.4) is 0 Å². The van der Waals surface area contributed by atoms with Crippen LogP contribution in [0, 0.1) is 0 Å². The van der Waals surface area contributed by atoms with Gasteiger partial charge in [0, 0.05) is 0 Å². The second-order valence-corrected chi connectivity index (χ2v) is 0.204. The van der Waals surface area contributed by atoms with Gasteiger partial charge in [-0.3, -0.25) is 6.29 Å². The van der Waals surface area contributed by atoms with Crippen LogP contribution in [0.5, 0.6) is 0 Å². The van der Waals surface area contributed by atoms with E-state index in [-0.39, 0.29) is 27.9 Å². The normalized spacial score (nSPS) is 2.60. The largest absolute Gasteiger partial charge is 2.00 e. The Balaban J connectivity index is -0.0000000200. The molecule has 0 heterocycles. The molecule has 0 atom stereocenters. The third kappa shape index (κ3) is 189. The SMILES string of the molecule is C[C-]=O.[BH4-].[Zn+2]. The van der Waals surface area contributed by atoms with E-state index in [1.165, 1.54) is 13.2 Å². The van der Waals surface area contributed by atoms with E-state index < -0.39 is 0 Å². The minimum absolute atomic E-state index is 0. The molecule has 0 unspecified atom stereocenters. The summed E-state index contributed by atoms with van der Waals surface area (Å²) in [5.74, 6) is 0. The van der Waals surface area contributed by atoms with E-state index in [4.69, 9.17) is 4.79 Å². The Labute approximate surface area is 46.5 Å². The Morgan fingerprint density at radius 3 is 1.60 bits per heavy atom. The molecule has 0 aliphatic heterocycles. The molecule has 0 aromatic heterocycles. The summed E-state index contributed by atoms with van der Waals surface area (Å²) in [7, 11) is 0. The van der Waals surface area contributed by atoms with Gasteiger partial charge in [0.2, 0.25) is 0 Å². The summed E-state index contributed by atoms with van der Waals surface area (Å²) in [6.07, 6.45) is 1.50. The second kappa shape index (κ2) is 26.6. The average Bonchev–Trinajstić information content (AvgIpc) is 0.918. The smallest absolute Gasteiger partial charge is 0.542 e. The Hall–Kier alpha value is 0.358. The summed E-state index contributed by atoms with van der Waals surface area (Å²) in [6.45, 7) is 1.32. The van der Waals surface area contributed by atoms with E-state index >= 15 is 0 Å². The van der Waals surface area contributed by atoms with Gasteiger partial charge in [-0.2, -0.15) is 6.92 Å². The standard InChI is InChI=1S/C2H3O.BH4.Zn/c1-2-3;;/h1H3;1H4;/q2*-1;+2. The van der Waals surface area contributed by atoms with E-state index in [9.17, 15) is 0 Å². The molecule has 0 bridgehead atoms. The summed E-state index contributed by atoms with van der Waals surface area (Å²) in [5, 5.41) is 0. The fraction of sp³-hybridized carbons (Fsp3) is 0.500. The summed E-state index contributed by atoms with van der Waals surface area (Å²) in [5.41, 5.74) is 0. The molecule has 0 radical (unpaired) electrons. The van der Waals surface area contributed by atoms with Gasteiger partial charge in [-0.25, -0.2) is 0 Å². The van der Waals surface area contributed by atoms with Gasteiger partial charge in [0.05, 0.1) is 0 Å². The predicted octanol–water partition coefficient (Wildman–Crippen LogP) is -1.34. The van der Waals surface area contributed by atoms with Crippen LogP contribution >= 0.6 is 0 Å². The second-order valence-electron chi connectivity index (χ2n) is 0.204. The molecule has 0 rings (SSSR count). The van der Waals surface area contributed by atoms with Crippen molar-refractivity contribution < 1.29 is 24.3 Å². The average molecular weight is 123 g/mol. The summed E-state index contributed by atoms with van der Waals surface area (Å²) in [6, 6.07) is 0. The summed E-state index contributed by atoms with van der Waals surface area (Å²) in [4.78, 5) is 8.68. The molecule has 26 valence electrons. The summed E-state index contributed by atoms with van der Waals surface area (Å²) >= 11 is 0. The molecular formula is C2H7BOZn. The zero-order chi connectivity index (χ0) is 2.71. The first kappa shape index (κ1) is 18.3. The molecule has 0 aromatic carbocycles. The molecule has 0 spiro atoms. The van der Waals surface area contributed by atoms with Crippen molar-refractivity contribution in [1.29, 1.82) is 0 Å². The van der Waals surface area contributed by atoms with Crippen LogP contribution in [0.15, 0.2) is 0 Å². The topological polar surface area (TPSA) is 17.1 Å². The van der Waals surface area contributed by atoms with Crippen LogP contribution < -0.4 is 0 Å². The first-order valence-corrected chi connectivity index (χ1v) is 0.704. The zero-order valence-electron chi connectivity index (χ0n) is 2.62. The molecule has 0 saturated carbocycles. The minimum Gasteiger partial charge on any atom is -0.542 e. The Morgan fingerprint density at radius 2 is 1.60 bits per heavy atom. The fourth-order valence-electron chi connectivity index (χ4n) is 0. The molecule has 5 heavy (non-hydrogen) atoms. The van der Waals surface area contributed by atoms with Gasteiger partial charge in [-0.05, 0) is 0 Å². The third-order valence-electron chi connectivity index (χ3n) is 0. The molecular weight excluding hydrogens is 116 g/mol. The van der Waals surface area contributed by atoms with Gasteiger partial charge in [0.1, 0.15) is 0 Å². The molecule has 0 N–H and O–H groups in total. The molecule has 0 aliphatic rings. The Kier molecular flexibility index (Phi) is 97.5. The molecule has 0 saturated heterocycles. The van der Waals surface area contributed by atoms with E-state index in [0.29, 0.717) is 0 Å². The van der Waals surface area contributed by atoms with Crippen LogP contribution in [-0.4, -0.2) is 14.7 Å². The van der Waals surface area contributed by atoms with Crippen LogP contribution in [0.4, 0.5) is 0 Å². The Morgan fingerprint density at radius 1 is 1.60 bits per heavy atom. The predicted molar refractivity (Wildman–Crippen MR) is 22.7 cm³/mol. The van der Waals surface area contributed by atoms with Crippen LogP contribution in [0.2, 0.25) is 0 Å². The maximum absolute atomic E-state index is 8.68. The van der Waals surface area contributed by atoms with Gasteiger partial charge in [-0.15, -0.1) is 0 Å². The van der Waals surface area contributed by atoms with Crippen molar-refractivity contribution >= 4 is 14.7 Å². The van der Waals surface area contributed by atoms with Crippen molar-refractivity contribution in [3.63, 3.8) is 0 Å². The number of rotatable bonds is 0. The Bertz CT molecular complexity index is 17.1. The van der Waals surface area contributed by atoms with Crippen LogP contribution in [-0.2, 0) is 24.3 Å². The molecule has 0 aliphatic carbocycles. The van der Waals surface area contributed by atoms with E-state index in [1.807, 2.05) is 0 Å². The van der Waals surface area contributed by atoms with Gasteiger partial charge in [-0.1, -0.05) is 8.41 Å².